The molecule has 1 aliphatic rings. The summed E-state index contributed by atoms with van der Waals surface area (Å²) in [5, 5.41) is 3.13. The van der Waals surface area contributed by atoms with Crippen molar-refractivity contribution in [2.75, 3.05) is 19.2 Å². The molecule has 0 radical (unpaired) electrons. The predicted octanol–water partition coefficient (Wildman–Crippen LogP) is 3.12. The van der Waals surface area contributed by atoms with Crippen molar-refractivity contribution in [2.24, 2.45) is 0 Å². The standard InChI is InChI=1S/C14H13NO2/c1-15-12-4-2-3-10(7-12)11-5-6-13-14(8-11)17-9-16-13/h2-8,15H,9H2,1H3. The summed E-state index contributed by atoms with van der Waals surface area (Å²) in [5.74, 6) is 1.64. The van der Waals surface area contributed by atoms with Crippen LogP contribution in [-0.2, 0) is 0 Å². The fourth-order valence-corrected chi connectivity index (χ4v) is 1.93. The first kappa shape index (κ1) is 10.0. The molecule has 2 aromatic carbocycles. The van der Waals surface area contributed by atoms with Gasteiger partial charge < -0.3 is 14.8 Å². The van der Waals surface area contributed by atoms with Gasteiger partial charge in [0.25, 0.3) is 0 Å². The molecule has 0 aromatic heterocycles. The zero-order valence-electron chi connectivity index (χ0n) is 9.57. The quantitative estimate of drug-likeness (QED) is 0.855. The molecule has 3 rings (SSSR count). The summed E-state index contributed by atoms with van der Waals surface area (Å²) in [6.45, 7) is 0.315. The van der Waals surface area contributed by atoms with Crippen molar-refractivity contribution < 1.29 is 9.47 Å². The van der Waals surface area contributed by atoms with Gasteiger partial charge in [0.2, 0.25) is 6.79 Å². The molecule has 1 heterocycles. The minimum absolute atomic E-state index is 0.315. The molecule has 0 saturated carbocycles. The molecular formula is C14H13NO2. The Bertz CT molecular complexity index is 552. The lowest BCUT2D eigenvalue weighted by molar-refractivity contribution is 0.174. The van der Waals surface area contributed by atoms with Crippen LogP contribution in [0.25, 0.3) is 11.1 Å². The molecule has 0 unspecified atom stereocenters. The highest BCUT2D eigenvalue weighted by Gasteiger charge is 2.13. The van der Waals surface area contributed by atoms with Crippen molar-refractivity contribution in [2.45, 2.75) is 0 Å². The zero-order chi connectivity index (χ0) is 11.7. The maximum absolute atomic E-state index is 5.38. The maximum atomic E-state index is 5.38. The number of fused-ring (bicyclic) bond motifs is 1. The van der Waals surface area contributed by atoms with E-state index in [0.717, 1.165) is 28.3 Å². The molecule has 17 heavy (non-hydrogen) atoms. The van der Waals surface area contributed by atoms with E-state index in [2.05, 4.69) is 17.4 Å². The maximum Gasteiger partial charge on any atom is 0.231 e. The van der Waals surface area contributed by atoms with Gasteiger partial charge in [-0.15, -0.1) is 0 Å². The third-order valence-corrected chi connectivity index (χ3v) is 2.86. The Balaban J connectivity index is 2.03. The van der Waals surface area contributed by atoms with Gasteiger partial charge in [-0.1, -0.05) is 18.2 Å². The number of anilines is 1. The van der Waals surface area contributed by atoms with E-state index in [4.69, 9.17) is 9.47 Å². The van der Waals surface area contributed by atoms with Gasteiger partial charge in [0.1, 0.15) is 0 Å². The normalized spacial score (nSPS) is 12.5. The molecule has 0 spiro atoms. The lowest BCUT2D eigenvalue weighted by atomic mass is 10.0. The van der Waals surface area contributed by atoms with Crippen LogP contribution in [0.1, 0.15) is 0 Å². The van der Waals surface area contributed by atoms with Crippen LogP contribution in [0.15, 0.2) is 42.5 Å². The first-order chi connectivity index (χ1) is 8.36. The van der Waals surface area contributed by atoms with Crippen LogP contribution in [0.3, 0.4) is 0 Å². The van der Waals surface area contributed by atoms with Gasteiger partial charge in [-0.2, -0.15) is 0 Å². The summed E-state index contributed by atoms with van der Waals surface area (Å²) in [5.41, 5.74) is 3.39. The number of nitrogens with one attached hydrogen (secondary N) is 1. The number of rotatable bonds is 2. The second-order valence-electron chi connectivity index (χ2n) is 3.90. The average Bonchev–Trinajstić information content (AvgIpc) is 2.86. The summed E-state index contributed by atoms with van der Waals surface area (Å²) < 4.78 is 10.7. The van der Waals surface area contributed by atoms with Crippen molar-refractivity contribution in [1.82, 2.24) is 0 Å². The van der Waals surface area contributed by atoms with Gasteiger partial charge in [-0.25, -0.2) is 0 Å². The molecule has 3 heteroatoms. The third kappa shape index (κ3) is 1.80. The van der Waals surface area contributed by atoms with E-state index >= 15 is 0 Å². The van der Waals surface area contributed by atoms with E-state index in [1.165, 1.54) is 0 Å². The fourth-order valence-electron chi connectivity index (χ4n) is 1.93. The Hall–Kier alpha value is -2.16. The smallest absolute Gasteiger partial charge is 0.231 e. The first-order valence-electron chi connectivity index (χ1n) is 5.54. The van der Waals surface area contributed by atoms with Gasteiger partial charge in [-0.3, -0.25) is 0 Å². The Morgan fingerprint density at radius 1 is 0.941 bits per heavy atom. The molecule has 0 bridgehead atoms. The summed E-state index contributed by atoms with van der Waals surface area (Å²) in [7, 11) is 1.92. The molecule has 0 aliphatic carbocycles. The van der Waals surface area contributed by atoms with Crippen LogP contribution in [-0.4, -0.2) is 13.8 Å². The minimum atomic E-state index is 0.315. The number of hydrogen-bond donors (Lipinski definition) is 1. The average molecular weight is 227 g/mol. The number of ether oxygens (including phenoxy) is 2. The van der Waals surface area contributed by atoms with Gasteiger partial charge >= 0.3 is 0 Å². The lowest BCUT2D eigenvalue weighted by Gasteiger charge is -2.06. The molecule has 0 atom stereocenters. The molecule has 1 aliphatic heterocycles. The van der Waals surface area contributed by atoms with Crippen LogP contribution < -0.4 is 14.8 Å². The van der Waals surface area contributed by atoms with E-state index in [1.807, 2.05) is 37.4 Å². The second-order valence-corrected chi connectivity index (χ2v) is 3.90. The molecule has 0 fully saturated rings. The van der Waals surface area contributed by atoms with Gasteiger partial charge in [0.05, 0.1) is 0 Å². The summed E-state index contributed by atoms with van der Waals surface area (Å²) >= 11 is 0. The van der Waals surface area contributed by atoms with Gasteiger partial charge in [0, 0.05) is 12.7 Å². The molecule has 2 aromatic rings. The second kappa shape index (κ2) is 4.01. The Morgan fingerprint density at radius 2 is 1.76 bits per heavy atom. The minimum Gasteiger partial charge on any atom is -0.454 e. The van der Waals surface area contributed by atoms with Crippen molar-refractivity contribution in [3.8, 4) is 22.6 Å². The molecule has 1 N–H and O–H groups in total. The number of hydrogen-bond acceptors (Lipinski definition) is 3. The largest absolute Gasteiger partial charge is 0.454 e. The highest BCUT2D eigenvalue weighted by Crippen LogP contribution is 2.36. The molecule has 0 saturated heterocycles. The zero-order valence-corrected chi connectivity index (χ0v) is 9.57. The Labute approximate surface area is 100.0 Å². The van der Waals surface area contributed by atoms with Crippen molar-refractivity contribution in [1.29, 1.82) is 0 Å². The van der Waals surface area contributed by atoms with Crippen LogP contribution in [0.2, 0.25) is 0 Å². The first-order valence-corrected chi connectivity index (χ1v) is 5.54. The SMILES string of the molecule is CNc1cccc(-c2ccc3c(c2)OCO3)c1. The third-order valence-electron chi connectivity index (χ3n) is 2.86. The molecule has 3 nitrogen and oxygen atoms in total. The van der Waals surface area contributed by atoms with Crippen LogP contribution >= 0.6 is 0 Å². The topological polar surface area (TPSA) is 30.5 Å². The van der Waals surface area contributed by atoms with Crippen LogP contribution in [0, 0.1) is 0 Å². The van der Waals surface area contributed by atoms with Crippen molar-refractivity contribution in [3.05, 3.63) is 42.5 Å². The van der Waals surface area contributed by atoms with Crippen LogP contribution in [0.5, 0.6) is 11.5 Å². The predicted molar refractivity (Wildman–Crippen MR) is 67.5 cm³/mol. The van der Waals surface area contributed by atoms with E-state index in [-0.39, 0.29) is 0 Å². The monoisotopic (exact) mass is 227 g/mol. The van der Waals surface area contributed by atoms with E-state index < -0.39 is 0 Å². The Kier molecular flexibility index (Phi) is 2.37. The van der Waals surface area contributed by atoms with Crippen LogP contribution in [0.4, 0.5) is 5.69 Å². The van der Waals surface area contributed by atoms with Gasteiger partial charge in [-0.05, 0) is 35.4 Å². The van der Waals surface area contributed by atoms with Crippen molar-refractivity contribution >= 4 is 5.69 Å². The fraction of sp³-hybridized carbons (Fsp3) is 0.143. The van der Waals surface area contributed by atoms with E-state index in [0.29, 0.717) is 6.79 Å². The van der Waals surface area contributed by atoms with Crippen molar-refractivity contribution in [3.63, 3.8) is 0 Å². The van der Waals surface area contributed by atoms with Gasteiger partial charge in [0.15, 0.2) is 11.5 Å². The summed E-state index contributed by atoms with van der Waals surface area (Å²) in [6, 6.07) is 14.3. The molecule has 0 amide bonds. The summed E-state index contributed by atoms with van der Waals surface area (Å²) in [6.07, 6.45) is 0. The highest BCUT2D eigenvalue weighted by atomic mass is 16.7. The Morgan fingerprint density at radius 3 is 2.65 bits per heavy atom. The highest BCUT2D eigenvalue weighted by molar-refractivity contribution is 5.70. The van der Waals surface area contributed by atoms with E-state index in [9.17, 15) is 0 Å². The molecule has 86 valence electrons. The number of benzene rings is 2. The summed E-state index contributed by atoms with van der Waals surface area (Å²) in [4.78, 5) is 0. The van der Waals surface area contributed by atoms with E-state index in [1.54, 1.807) is 0 Å². The molecular weight excluding hydrogens is 214 g/mol. The lowest BCUT2D eigenvalue weighted by Crippen LogP contribution is -1.92.